The summed E-state index contributed by atoms with van der Waals surface area (Å²) in [6.07, 6.45) is 1.74. The molecule has 1 heterocycles. The van der Waals surface area contributed by atoms with Crippen LogP contribution >= 0.6 is 15.9 Å². The van der Waals surface area contributed by atoms with Gasteiger partial charge in [-0.1, -0.05) is 15.9 Å². The molecule has 0 aliphatic rings. The number of rotatable bonds is 3. The average Bonchev–Trinajstić information content (AvgIpc) is 2.98. The minimum Gasteiger partial charge on any atom is -0.497 e. The van der Waals surface area contributed by atoms with Gasteiger partial charge < -0.3 is 9.15 Å². The van der Waals surface area contributed by atoms with Crippen molar-refractivity contribution >= 4 is 15.9 Å². The number of hydrogen-bond donors (Lipinski definition) is 0. The fraction of sp³-hybridized carbons (Fsp3) is 0.0625. The third-order valence-electron chi connectivity index (χ3n) is 2.97. The molecule has 2 aromatic carbocycles. The molecular formula is C16H12BrNO2. The van der Waals surface area contributed by atoms with E-state index in [1.54, 1.807) is 13.3 Å². The molecule has 0 aliphatic heterocycles. The largest absolute Gasteiger partial charge is 0.497 e. The molecule has 0 bridgehead atoms. The zero-order valence-corrected chi connectivity index (χ0v) is 12.4. The molecule has 100 valence electrons. The van der Waals surface area contributed by atoms with Gasteiger partial charge in [0, 0.05) is 15.6 Å². The summed E-state index contributed by atoms with van der Waals surface area (Å²) in [5.74, 6) is 2.18. The van der Waals surface area contributed by atoms with Gasteiger partial charge in [-0.05, 0) is 48.5 Å². The topological polar surface area (TPSA) is 35.3 Å². The Labute approximate surface area is 125 Å². The Balaban J connectivity index is 1.91. The van der Waals surface area contributed by atoms with E-state index in [0.717, 1.165) is 27.1 Å². The van der Waals surface area contributed by atoms with Gasteiger partial charge in [0.15, 0.2) is 5.76 Å². The molecule has 0 atom stereocenters. The molecule has 0 aliphatic carbocycles. The third kappa shape index (κ3) is 2.60. The fourth-order valence-corrected chi connectivity index (χ4v) is 2.15. The molecule has 0 saturated heterocycles. The lowest BCUT2D eigenvalue weighted by molar-refractivity contribution is 0.415. The van der Waals surface area contributed by atoms with E-state index in [1.807, 2.05) is 48.5 Å². The van der Waals surface area contributed by atoms with Gasteiger partial charge >= 0.3 is 0 Å². The lowest BCUT2D eigenvalue weighted by atomic mass is 10.2. The molecule has 0 saturated carbocycles. The number of oxazole rings is 1. The molecule has 3 aromatic rings. The number of hydrogen-bond acceptors (Lipinski definition) is 3. The van der Waals surface area contributed by atoms with Gasteiger partial charge in [-0.15, -0.1) is 0 Å². The van der Waals surface area contributed by atoms with Gasteiger partial charge in [0.2, 0.25) is 5.89 Å². The van der Waals surface area contributed by atoms with Crippen LogP contribution in [0.3, 0.4) is 0 Å². The first-order valence-corrected chi connectivity index (χ1v) is 6.92. The van der Waals surface area contributed by atoms with E-state index in [2.05, 4.69) is 20.9 Å². The van der Waals surface area contributed by atoms with Crippen LogP contribution in [0.5, 0.6) is 5.75 Å². The number of aromatic nitrogens is 1. The first-order valence-electron chi connectivity index (χ1n) is 6.12. The molecule has 3 nitrogen and oxygen atoms in total. The summed E-state index contributed by atoms with van der Waals surface area (Å²) in [6.45, 7) is 0. The predicted octanol–water partition coefficient (Wildman–Crippen LogP) is 4.78. The second-order valence-electron chi connectivity index (χ2n) is 4.27. The molecule has 0 unspecified atom stereocenters. The lowest BCUT2D eigenvalue weighted by Gasteiger charge is -2.00. The Hall–Kier alpha value is -2.07. The van der Waals surface area contributed by atoms with Crippen molar-refractivity contribution in [2.24, 2.45) is 0 Å². The normalized spacial score (nSPS) is 10.5. The SMILES string of the molecule is COc1ccc(-c2cnc(-c3ccc(Br)cc3)o2)cc1. The monoisotopic (exact) mass is 329 g/mol. The maximum Gasteiger partial charge on any atom is 0.226 e. The van der Waals surface area contributed by atoms with Crippen LogP contribution < -0.4 is 4.74 Å². The summed E-state index contributed by atoms with van der Waals surface area (Å²) >= 11 is 3.41. The molecule has 0 N–H and O–H groups in total. The van der Waals surface area contributed by atoms with Crippen molar-refractivity contribution in [1.29, 1.82) is 0 Å². The van der Waals surface area contributed by atoms with Crippen LogP contribution in [0.25, 0.3) is 22.8 Å². The van der Waals surface area contributed by atoms with Crippen molar-refractivity contribution in [3.05, 3.63) is 59.2 Å². The third-order valence-corrected chi connectivity index (χ3v) is 3.50. The molecule has 20 heavy (non-hydrogen) atoms. The van der Waals surface area contributed by atoms with Crippen LogP contribution in [0.15, 0.2) is 63.6 Å². The van der Waals surface area contributed by atoms with E-state index in [-0.39, 0.29) is 0 Å². The Morgan fingerprint density at radius 2 is 1.60 bits per heavy atom. The Bertz CT molecular complexity index is 702. The Kier molecular flexibility index (Phi) is 3.56. The van der Waals surface area contributed by atoms with Crippen LogP contribution in [-0.4, -0.2) is 12.1 Å². The van der Waals surface area contributed by atoms with Crippen molar-refractivity contribution in [3.63, 3.8) is 0 Å². The van der Waals surface area contributed by atoms with E-state index in [0.29, 0.717) is 5.89 Å². The number of benzene rings is 2. The van der Waals surface area contributed by atoms with Crippen molar-refractivity contribution in [1.82, 2.24) is 4.98 Å². The molecule has 3 rings (SSSR count). The minimum absolute atomic E-state index is 0.614. The second-order valence-corrected chi connectivity index (χ2v) is 5.18. The highest BCUT2D eigenvalue weighted by Crippen LogP contribution is 2.27. The quantitative estimate of drug-likeness (QED) is 0.693. The zero-order valence-electron chi connectivity index (χ0n) is 10.8. The summed E-state index contributed by atoms with van der Waals surface area (Å²) < 4.78 is 12.0. The average molecular weight is 330 g/mol. The van der Waals surface area contributed by atoms with E-state index < -0.39 is 0 Å². The fourth-order valence-electron chi connectivity index (χ4n) is 1.89. The van der Waals surface area contributed by atoms with Gasteiger partial charge in [0.25, 0.3) is 0 Å². The maximum atomic E-state index is 5.80. The molecule has 0 fully saturated rings. The smallest absolute Gasteiger partial charge is 0.226 e. The van der Waals surface area contributed by atoms with Gasteiger partial charge in [-0.3, -0.25) is 0 Å². The highest BCUT2D eigenvalue weighted by Gasteiger charge is 2.08. The highest BCUT2D eigenvalue weighted by molar-refractivity contribution is 9.10. The lowest BCUT2D eigenvalue weighted by Crippen LogP contribution is -1.81. The number of ether oxygens (including phenoxy) is 1. The minimum atomic E-state index is 0.614. The summed E-state index contributed by atoms with van der Waals surface area (Å²) in [5.41, 5.74) is 1.93. The van der Waals surface area contributed by atoms with E-state index in [9.17, 15) is 0 Å². The number of nitrogens with zero attached hydrogens (tertiary/aromatic N) is 1. The van der Waals surface area contributed by atoms with E-state index in [1.165, 1.54) is 0 Å². The maximum absolute atomic E-state index is 5.80. The van der Waals surface area contributed by atoms with Crippen molar-refractivity contribution < 1.29 is 9.15 Å². The molecule has 4 heteroatoms. The van der Waals surface area contributed by atoms with Crippen LogP contribution in [0.4, 0.5) is 0 Å². The van der Waals surface area contributed by atoms with Gasteiger partial charge in [-0.2, -0.15) is 0 Å². The van der Waals surface area contributed by atoms with Crippen LogP contribution in [-0.2, 0) is 0 Å². The van der Waals surface area contributed by atoms with Crippen molar-refractivity contribution in [3.8, 4) is 28.5 Å². The summed E-state index contributed by atoms with van der Waals surface area (Å²) in [5, 5.41) is 0. The Morgan fingerprint density at radius 3 is 2.25 bits per heavy atom. The molecule has 0 amide bonds. The molecule has 0 radical (unpaired) electrons. The van der Waals surface area contributed by atoms with Crippen LogP contribution in [0.2, 0.25) is 0 Å². The first kappa shape index (κ1) is 12.9. The van der Waals surface area contributed by atoms with Crippen LogP contribution in [0, 0.1) is 0 Å². The Morgan fingerprint density at radius 1 is 0.950 bits per heavy atom. The molecule has 0 spiro atoms. The van der Waals surface area contributed by atoms with Gasteiger partial charge in [0.1, 0.15) is 5.75 Å². The first-order chi connectivity index (χ1) is 9.76. The summed E-state index contributed by atoms with van der Waals surface area (Å²) in [7, 11) is 1.65. The van der Waals surface area contributed by atoms with Crippen LogP contribution in [0.1, 0.15) is 0 Å². The summed E-state index contributed by atoms with van der Waals surface area (Å²) in [6, 6.07) is 15.6. The zero-order chi connectivity index (χ0) is 13.9. The van der Waals surface area contributed by atoms with E-state index >= 15 is 0 Å². The standard InChI is InChI=1S/C16H12BrNO2/c1-19-14-8-4-11(5-9-14)15-10-18-16(20-15)12-2-6-13(17)7-3-12/h2-10H,1H3. The predicted molar refractivity (Wildman–Crippen MR) is 81.6 cm³/mol. The highest BCUT2D eigenvalue weighted by atomic mass is 79.9. The van der Waals surface area contributed by atoms with Gasteiger partial charge in [-0.25, -0.2) is 4.98 Å². The van der Waals surface area contributed by atoms with Crippen molar-refractivity contribution in [2.45, 2.75) is 0 Å². The molecule has 1 aromatic heterocycles. The summed E-state index contributed by atoms with van der Waals surface area (Å²) in [4.78, 5) is 4.32. The van der Waals surface area contributed by atoms with Crippen molar-refractivity contribution in [2.75, 3.05) is 7.11 Å². The number of halogens is 1. The van der Waals surface area contributed by atoms with E-state index in [4.69, 9.17) is 9.15 Å². The molecular weight excluding hydrogens is 318 g/mol. The van der Waals surface area contributed by atoms with Gasteiger partial charge in [0.05, 0.1) is 13.3 Å². The number of methoxy groups -OCH3 is 1. The second kappa shape index (κ2) is 5.51.